The van der Waals surface area contributed by atoms with E-state index in [1.807, 2.05) is 29.1 Å². The smallest absolute Gasteiger partial charge is 0.221 e. The second-order valence-electron chi connectivity index (χ2n) is 2.71. The zero-order valence-corrected chi connectivity index (χ0v) is 8.13. The maximum Gasteiger partial charge on any atom is 0.221 e. The number of carbonyl (C=O) groups excluding carboxylic acids is 1. The first-order valence-electron chi connectivity index (χ1n) is 4.26. The van der Waals surface area contributed by atoms with Gasteiger partial charge in [0.1, 0.15) is 0 Å². The summed E-state index contributed by atoms with van der Waals surface area (Å²) in [6.07, 6.45) is 4.33. The van der Waals surface area contributed by atoms with Crippen molar-refractivity contribution in [3.05, 3.63) is 24.5 Å². The zero-order valence-electron chi connectivity index (χ0n) is 7.37. The van der Waals surface area contributed by atoms with E-state index in [0.717, 1.165) is 6.54 Å². The van der Waals surface area contributed by atoms with Gasteiger partial charge in [-0.1, -0.05) is 0 Å². The lowest BCUT2D eigenvalue weighted by molar-refractivity contribution is -0.120. The Hall–Kier alpha value is -0.960. The number of hydrogen-bond donors (Lipinski definition) is 1. The van der Waals surface area contributed by atoms with Crippen LogP contribution in [0.5, 0.6) is 0 Å². The summed E-state index contributed by atoms with van der Waals surface area (Å²) in [5, 5.41) is 2.78. The lowest BCUT2D eigenvalue weighted by Crippen LogP contribution is -2.26. The van der Waals surface area contributed by atoms with Crippen LogP contribution in [0.25, 0.3) is 0 Å². The molecule has 0 aliphatic rings. The maximum atomic E-state index is 11.0. The van der Waals surface area contributed by atoms with Gasteiger partial charge in [-0.2, -0.15) is 0 Å². The lowest BCUT2D eigenvalue weighted by Gasteiger charge is -2.04. The van der Waals surface area contributed by atoms with Crippen LogP contribution in [0.2, 0.25) is 0 Å². The Kier molecular flexibility index (Phi) is 4.40. The number of amides is 1. The number of nitrogens with one attached hydrogen (secondary N) is 1. The van der Waals surface area contributed by atoms with Crippen LogP contribution >= 0.6 is 11.6 Å². The molecule has 0 fully saturated rings. The minimum Gasteiger partial charge on any atom is -0.354 e. The Labute approximate surface area is 82.7 Å². The molecule has 0 spiro atoms. The van der Waals surface area contributed by atoms with Crippen molar-refractivity contribution in [1.82, 2.24) is 9.88 Å². The fourth-order valence-corrected chi connectivity index (χ4v) is 1.19. The number of halogens is 1. The third kappa shape index (κ3) is 3.99. The molecule has 1 rings (SSSR count). The number of hydrogen-bond acceptors (Lipinski definition) is 1. The van der Waals surface area contributed by atoms with Crippen LogP contribution in [0.4, 0.5) is 0 Å². The van der Waals surface area contributed by atoms with Crippen molar-refractivity contribution >= 4 is 17.5 Å². The van der Waals surface area contributed by atoms with Crippen molar-refractivity contribution in [2.75, 3.05) is 12.4 Å². The summed E-state index contributed by atoms with van der Waals surface area (Å²) < 4.78 is 2.01. The van der Waals surface area contributed by atoms with E-state index in [4.69, 9.17) is 11.6 Å². The van der Waals surface area contributed by atoms with E-state index in [-0.39, 0.29) is 5.91 Å². The Bertz CT molecular complexity index is 246. The van der Waals surface area contributed by atoms with Crippen LogP contribution < -0.4 is 5.32 Å². The Balaban J connectivity index is 2.11. The largest absolute Gasteiger partial charge is 0.354 e. The molecule has 0 aromatic carbocycles. The van der Waals surface area contributed by atoms with Gasteiger partial charge in [0.2, 0.25) is 5.91 Å². The molecule has 0 aliphatic heterocycles. The molecule has 3 nitrogen and oxygen atoms in total. The predicted octanol–water partition coefficient (Wildman–Crippen LogP) is 1.23. The topological polar surface area (TPSA) is 34.0 Å². The van der Waals surface area contributed by atoms with Crippen LogP contribution in [0, 0.1) is 0 Å². The third-order valence-corrected chi connectivity index (χ3v) is 1.87. The minimum absolute atomic E-state index is 0.0159. The van der Waals surface area contributed by atoms with Gasteiger partial charge >= 0.3 is 0 Å². The third-order valence-electron chi connectivity index (χ3n) is 1.68. The Morgan fingerprint density at radius 1 is 1.38 bits per heavy atom. The summed E-state index contributed by atoms with van der Waals surface area (Å²) >= 11 is 5.41. The fourth-order valence-electron chi connectivity index (χ4n) is 1.02. The van der Waals surface area contributed by atoms with Gasteiger partial charge in [0, 0.05) is 37.8 Å². The van der Waals surface area contributed by atoms with Gasteiger partial charge in [0.15, 0.2) is 0 Å². The average Bonchev–Trinajstić information content (AvgIpc) is 2.57. The molecule has 0 radical (unpaired) electrons. The minimum atomic E-state index is 0.0159. The van der Waals surface area contributed by atoms with Crippen LogP contribution in [0.1, 0.15) is 6.42 Å². The first-order chi connectivity index (χ1) is 6.33. The van der Waals surface area contributed by atoms with Crippen molar-refractivity contribution in [3.63, 3.8) is 0 Å². The SMILES string of the molecule is O=C(CCCl)NCCn1cccc1. The second kappa shape index (κ2) is 5.65. The summed E-state index contributed by atoms with van der Waals surface area (Å²) in [5.41, 5.74) is 0. The molecule has 1 aromatic rings. The number of aromatic nitrogens is 1. The molecular weight excluding hydrogens is 188 g/mol. The molecule has 0 saturated heterocycles. The molecule has 1 heterocycles. The van der Waals surface area contributed by atoms with Crippen molar-refractivity contribution in [3.8, 4) is 0 Å². The number of alkyl halides is 1. The highest BCUT2D eigenvalue weighted by molar-refractivity contribution is 6.18. The molecule has 13 heavy (non-hydrogen) atoms. The molecule has 1 amide bonds. The Morgan fingerprint density at radius 2 is 2.08 bits per heavy atom. The van der Waals surface area contributed by atoms with Crippen molar-refractivity contribution in [1.29, 1.82) is 0 Å². The Morgan fingerprint density at radius 3 is 2.69 bits per heavy atom. The van der Waals surface area contributed by atoms with Crippen LogP contribution in [-0.2, 0) is 11.3 Å². The quantitative estimate of drug-likeness (QED) is 0.713. The van der Waals surface area contributed by atoms with E-state index in [1.165, 1.54) is 0 Å². The van der Waals surface area contributed by atoms with Crippen LogP contribution in [0.3, 0.4) is 0 Å². The van der Waals surface area contributed by atoms with E-state index >= 15 is 0 Å². The molecule has 72 valence electrons. The molecule has 4 heteroatoms. The summed E-state index contributed by atoms with van der Waals surface area (Å²) in [6, 6.07) is 3.92. The van der Waals surface area contributed by atoms with Gasteiger partial charge < -0.3 is 9.88 Å². The van der Waals surface area contributed by atoms with E-state index in [0.29, 0.717) is 18.8 Å². The molecule has 0 unspecified atom stereocenters. The highest BCUT2D eigenvalue weighted by Crippen LogP contribution is 1.89. The highest BCUT2D eigenvalue weighted by atomic mass is 35.5. The molecule has 0 bridgehead atoms. The summed E-state index contributed by atoms with van der Waals surface area (Å²) in [6.45, 7) is 1.46. The standard InChI is InChI=1S/C9H13ClN2O/c10-4-3-9(13)11-5-8-12-6-1-2-7-12/h1-2,6-7H,3-5,8H2,(H,11,13). The normalized spacial score (nSPS) is 9.92. The van der Waals surface area contributed by atoms with Gasteiger partial charge in [0.25, 0.3) is 0 Å². The number of rotatable bonds is 5. The van der Waals surface area contributed by atoms with Crippen LogP contribution in [0.15, 0.2) is 24.5 Å². The summed E-state index contributed by atoms with van der Waals surface area (Å²) in [4.78, 5) is 11.0. The van der Waals surface area contributed by atoms with Gasteiger partial charge in [-0.15, -0.1) is 11.6 Å². The highest BCUT2D eigenvalue weighted by Gasteiger charge is 1.97. The molecule has 0 saturated carbocycles. The fraction of sp³-hybridized carbons (Fsp3) is 0.444. The first-order valence-corrected chi connectivity index (χ1v) is 4.80. The van der Waals surface area contributed by atoms with E-state index < -0.39 is 0 Å². The van der Waals surface area contributed by atoms with Gasteiger partial charge in [-0.25, -0.2) is 0 Å². The van der Waals surface area contributed by atoms with E-state index in [2.05, 4.69) is 5.32 Å². The maximum absolute atomic E-state index is 11.0. The van der Waals surface area contributed by atoms with E-state index in [9.17, 15) is 4.79 Å². The zero-order chi connectivity index (χ0) is 9.52. The molecule has 1 N–H and O–H groups in total. The molecule has 0 atom stereocenters. The van der Waals surface area contributed by atoms with E-state index in [1.54, 1.807) is 0 Å². The van der Waals surface area contributed by atoms with Gasteiger partial charge in [-0.05, 0) is 12.1 Å². The van der Waals surface area contributed by atoms with Gasteiger partial charge in [0.05, 0.1) is 0 Å². The van der Waals surface area contributed by atoms with Gasteiger partial charge in [-0.3, -0.25) is 4.79 Å². The van der Waals surface area contributed by atoms with Crippen molar-refractivity contribution in [2.45, 2.75) is 13.0 Å². The predicted molar refractivity (Wildman–Crippen MR) is 52.8 cm³/mol. The summed E-state index contributed by atoms with van der Waals surface area (Å²) in [7, 11) is 0. The summed E-state index contributed by atoms with van der Waals surface area (Å²) in [5.74, 6) is 0.400. The van der Waals surface area contributed by atoms with Crippen molar-refractivity contribution in [2.24, 2.45) is 0 Å². The lowest BCUT2D eigenvalue weighted by atomic mass is 10.4. The monoisotopic (exact) mass is 200 g/mol. The average molecular weight is 201 g/mol. The van der Waals surface area contributed by atoms with Crippen molar-refractivity contribution < 1.29 is 4.79 Å². The number of carbonyl (C=O) groups is 1. The molecule has 1 aromatic heterocycles. The number of nitrogens with zero attached hydrogens (tertiary/aromatic N) is 1. The van der Waals surface area contributed by atoms with Crippen LogP contribution in [-0.4, -0.2) is 22.9 Å². The molecular formula is C9H13ClN2O. The second-order valence-corrected chi connectivity index (χ2v) is 3.09. The first kappa shape index (κ1) is 10.1. The molecule has 0 aliphatic carbocycles.